The summed E-state index contributed by atoms with van der Waals surface area (Å²) >= 11 is 6.15. The van der Waals surface area contributed by atoms with Crippen molar-refractivity contribution >= 4 is 38.9 Å². The molecule has 1 fully saturated rings. The van der Waals surface area contributed by atoms with Gasteiger partial charge in [0.05, 0.1) is 33.7 Å². The van der Waals surface area contributed by atoms with Crippen LogP contribution in [0.4, 0.5) is 11.4 Å². The number of sulfonamides is 1. The normalized spacial score (nSPS) is 14.5. The third kappa shape index (κ3) is 3.61. The zero-order valence-electron chi connectivity index (χ0n) is 14.7. The number of nitrogens with zero attached hydrogens (tertiary/aromatic N) is 3. The van der Waals surface area contributed by atoms with E-state index in [1.807, 2.05) is 6.07 Å². The molecule has 28 heavy (non-hydrogen) atoms. The van der Waals surface area contributed by atoms with Gasteiger partial charge in [-0.15, -0.1) is 0 Å². The van der Waals surface area contributed by atoms with Crippen LogP contribution in [0.1, 0.15) is 12.8 Å². The fourth-order valence-electron chi connectivity index (χ4n) is 3.09. The maximum Gasteiger partial charge on any atom is 0.261 e. The summed E-state index contributed by atoms with van der Waals surface area (Å²) in [6.07, 6.45) is 4.31. The van der Waals surface area contributed by atoms with Gasteiger partial charge in [-0.2, -0.15) is 5.10 Å². The Morgan fingerprint density at radius 1 is 1.07 bits per heavy atom. The first kappa shape index (κ1) is 18.5. The highest BCUT2D eigenvalue weighted by Crippen LogP contribution is 2.25. The molecule has 9 heteroatoms. The van der Waals surface area contributed by atoms with Crippen LogP contribution in [-0.2, 0) is 14.8 Å². The van der Waals surface area contributed by atoms with Crippen LogP contribution in [0.15, 0.2) is 65.8 Å². The summed E-state index contributed by atoms with van der Waals surface area (Å²) in [6, 6.07) is 13.4. The summed E-state index contributed by atoms with van der Waals surface area (Å²) in [6.45, 7) is 0.657. The highest BCUT2D eigenvalue weighted by Gasteiger charge is 2.22. The Morgan fingerprint density at radius 3 is 2.50 bits per heavy atom. The maximum atomic E-state index is 12.7. The molecule has 3 aromatic rings. The number of carbonyl (C=O) groups is 1. The summed E-state index contributed by atoms with van der Waals surface area (Å²) in [5.41, 5.74) is 1.67. The SMILES string of the molecule is O=C1CCCN1c1ccc(S(=O)(=O)Nc2cnn(-c3ccccc3Cl)c2)cc1. The zero-order valence-corrected chi connectivity index (χ0v) is 16.3. The van der Waals surface area contributed by atoms with E-state index >= 15 is 0 Å². The van der Waals surface area contributed by atoms with E-state index in [-0.39, 0.29) is 10.8 Å². The Balaban J connectivity index is 1.53. The molecule has 0 radical (unpaired) electrons. The standard InChI is InChI=1S/C19H17ClN4O3S/c20-17-4-1-2-5-18(17)24-13-14(12-21-24)22-28(26,27)16-9-7-15(8-10-16)23-11-3-6-19(23)25/h1-2,4-5,7-10,12-13,22H,3,6,11H2. The molecule has 2 heterocycles. The lowest BCUT2D eigenvalue weighted by Crippen LogP contribution is -2.23. The van der Waals surface area contributed by atoms with Crippen LogP contribution in [0, 0.1) is 0 Å². The first-order valence-electron chi connectivity index (χ1n) is 8.67. The Labute approximate surface area is 167 Å². The fraction of sp³-hybridized carbons (Fsp3) is 0.158. The van der Waals surface area contributed by atoms with Gasteiger partial charge in [-0.05, 0) is 42.8 Å². The summed E-state index contributed by atoms with van der Waals surface area (Å²) in [4.78, 5) is 13.6. The summed E-state index contributed by atoms with van der Waals surface area (Å²) in [5.74, 6) is 0.0562. The molecule has 1 aliphatic heterocycles. The largest absolute Gasteiger partial charge is 0.312 e. The van der Waals surface area contributed by atoms with Crippen LogP contribution in [0.3, 0.4) is 0 Å². The molecule has 144 valence electrons. The average Bonchev–Trinajstić information content (AvgIpc) is 3.31. The van der Waals surface area contributed by atoms with Crippen molar-refractivity contribution < 1.29 is 13.2 Å². The number of amides is 1. The quantitative estimate of drug-likeness (QED) is 0.690. The molecule has 0 spiro atoms. The third-order valence-corrected chi connectivity index (χ3v) is 6.18. The van der Waals surface area contributed by atoms with Crippen molar-refractivity contribution in [1.29, 1.82) is 0 Å². The van der Waals surface area contributed by atoms with Gasteiger partial charge in [-0.25, -0.2) is 13.1 Å². The lowest BCUT2D eigenvalue weighted by atomic mass is 10.3. The van der Waals surface area contributed by atoms with Crippen molar-refractivity contribution in [3.05, 3.63) is 65.9 Å². The predicted octanol–water partition coefficient (Wildman–Crippen LogP) is 3.45. The van der Waals surface area contributed by atoms with Gasteiger partial charge >= 0.3 is 0 Å². The van der Waals surface area contributed by atoms with E-state index in [0.29, 0.717) is 35.1 Å². The highest BCUT2D eigenvalue weighted by atomic mass is 35.5. The average molecular weight is 417 g/mol. The zero-order chi connectivity index (χ0) is 19.7. The summed E-state index contributed by atoms with van der Waals surface area (Å²) in [7, 11) is -3.79. The smallest absolute Gasteiger partial charge is 0.261 e. The number of aromatic nitrogens is 2. The van der Waals surface area contributed by atoms with Crippen molar-refractivity contribution in [3.63, 3.8) is 0 Å². The van der Waals surface area contributed by atoms with Crippen molar-refractivity contribution in [2.75, 3.05) is 16.2 Å². The minimum atomic E-state index is -3.79. The number of benzene rings is 2. The lowest BCUT2D eigenvalue weighted by Gasteiger charge is -2.16. The summed E-state index contributed by atoms with van der Waals surface area (Å²) < 4.78 is 29.3. The van der Waals surface area contributed by atoms with E-state index in [9.17, 15) is 13.2 Å². The monoisotopic (exact) mass is 416 g/mol. The molecule has 7 nitrogen and oxygen atoms in total. The minimum Gasteiger partial charge on any atom is -0.312 e. The van der Waals surface area contributed by atoms with Gasteiger partial charge < -0.3 is 4.90 Å². The molecule has 4 rings (SSSR count). The molecule has 1 N–H and O–H groups in total. The molecular formula is C19H17ClN4O3S. The molecule has 1 aliphatic rings. The number of para-hydroxylation sites is 1. The molecule has 0 unspecified atom stereocenters. The number of hydrogen-bond acceptors (Lipinski definition) is 4. The van der Waals surface area contributed by atoms with Crippen LogP contribution in [-0.4, -0.2) is 30.7 Å². The number of hydrogen-bond donors (Lipinski definition) is 1. The van der Waals surface area contributed by atoms with E-state index in [1.54, 1.807) is 41.4 Å². The highest BCUT2D eigenvalue weighted by molar-refractivity contribution is 7.92. The number of halogens is 1. The Bertz CT molecular complexity index is 1130. The van der Waals surface area contributed by atoms with Gasteiger partial charge in [0.1, 0.15) is 0 Å². The molecule has 1 aromatic heterocycles. The molecule has 0 saturated carbocycles. The number of carbonyl (C=O) groups excluding carboxylic acids is 1. The van der Waals surface area contributed by atoms with E-state index in [1.165, 1.54) is 23.0 Å². The van der Waals surface area contributed by atoms with Gasteiger partial charge in [-0.1, -0.05) is 23.7 Å². The predicted molar refractivity (Wildman–Crippen MR) is 107 cm³/mol. The van der Waals surface area contributed by atoms with Crippen molar-refractivity contribution in [2.45, 2.75) is 17.7 Å². The Morgan fingerprint density at radius 2 is 1.82 bits per heavy atom. The van der Waals surface area contributed by atoms with E-state index in [4.69, 9.17) is 11.6 Å². The minimum absolute atomic E-state index is 0.0562. The Hall–Kier alpha value is -2.84. The van der Waals surface area contributed by atoms with Gasteiger partial charge in [-0.3, -0.25) is 9.52 Å². The van der Waals surface area contributed by atoms with Crippen molar-refractivity contribution in [2.24, 2.45) is 0 Å². The molecule has 2 aromatic carbocycles. The van der Waals surface area contributed by atoms with E-state index < -0.39 is 10.0 Å². The van der Waals surface area contributed by atoms with Gasteiger partial charge in [0.25, 0.3) is 10.0 Å². The molecule has 0 aliphatic carbocycles. The summed E-state index contributed by atoms with van der Waals surface area (Å²) in [5, 5.41) is 4.67. The van der Waals surface area contributed by atoms with Gasteiger partial charge in [0, 0.05) is 18.7 Å². The molecule has 1 amide bonds. The second kappa shape index (κ2) is 7.29. The topological polar surface area (TPSA) is 84.3 Å². The van der Waals surface area contributed by atoms with E-state index in [0.717, 1.165) is 6.42 Å². The van der Waals surface area contributed by atoms with Crippen LogP contribution < -0.4 is 9.62 Å². The van der Waals surface area contributed by atoms with Crippen molar-refractivity contribution in [1.82, 2.24) is 9.78 Å². The van der Waals surface area contributed by atoms with Crippen molar-refractivity contribution in [3.8, 4) is 5.69 Å². The number of rotatable bonds is 5. The second-order valence-corrected chi connectivity index (χ2v) is 8.46. The fourth-order valence-corrected chi connectivity index (χ4v) is 4.34. The third-order valence-electron chi connectivity index (χ3n) is 4.47. The van der Waals surface area contributed by atoms with E-state index in [2.05, 4.69) is 9.82 Å². The number of nitrogens with one attached hydrogen (secondary N) is 1. The Kier molecular flexibility index (Phi) is 4.82. The molecule has 0 bridgehead atoms. The van der Waals surface area contributed by atoms with Crippen LogP contribution in [0.5, 0.6) is 0 Å². The first-order chi connectivity index (χ1) is 13.4. The molecular weight excluding hydrogens is 400 g/mol. The lowest BCUT2D eigenvalue weighted by molar-refractivity contribution is -0.117. The molecule has 0 atom stereocenters. The van der Waals surface area contributed by atoms with Gasteiger partial charge in [0.2, 0.25) is 5.91 Å². The van der Waals surface area contributed by atoms with Crippen LogP contribution in [0.2, 0.25) is 5.02 Å². The second-order valence-electron chi connectivity index (χ2n) is 6.37. The number of anilines is 2. The van der Waals surface area contributed by atoms with Gasteiger partial charge in [0.15, 0.2) is 0 Å². The first-order valence-corrected chi connectivity index (χ1v) is 10.5. The van der Waals surface area contributed by atoms with Crippen LogP contribution >= 0.6 is 11.6 Å². The van der Waals surface area contributed by atoms with Crippen LogP contribution in [0.25, 0.3) is 5.69 Å². The molecule has 1 saturated heterocycles. The maximum absolute atomic E-state index is 12.7.